The minimum absolute atomic E-state index is 0.140. The molecule has 0 aromatic heterocycles. The van der Waals surface area contributed by atoms with Crippen molar-refractivity contribution in [3.63, 3.8) is 0 Å². The van der Waals surface area contributed by atoms with E-state index in [1.165, 1.54) is 0 Å². The molecule has 0 fully saturated rings. The van der Waals surface area contributed by atoms with E-state index in [1.54, 1.807) is 24.0 Å². The van der Waals surface area contributed by atoms with Gasteiger partial charge in [0.05, 0.1) is 0 Å². The maximum atomic E-state index is 14.0. The van der Waals surface area contributed by atoms with Crippen molar-refractivity contribution in [1.29, 1.82) is 0 Å². The molecule has 1 unspecified atom stereocenters. The van der Waals surface area contributed by atoms with Gasteiger partial charge in [-0.15, -0.1) is 0 Å². The van der Waals surface area contributed by atoms with Gasteiger partial charge >= 0.3 is 0 Å². The number of carbonyl (C=O) groups is 3. The number of hydrogen-bond acceptors (Lipinski definition) is 3. The molecule has 1 heterocycles. The molecule has 0 spiro atoms. The summed E-state index contributed by atoms with van der Waals surface area (Å²) in [6.45, 7) is 3.69. The van der Waals surface area contributed by atoms with Gasteiger partial charge < -0.3 is 4.90 Å². The van der Waals surface area contributed by atoms with Gasteiger partial charge in [0.15, 0.2) is 0 Å². The summed E-state index contributed by atoms with van der Waals surface area (Å²) in [7, 11) is 0. The van der Waals surface area contributed by atoms with E-state index < -0.39 is 0 Å². The highest BCUT2D eigenvalue weighted by atomic mass is 19.1. The number of imide groups is 1. The lowest BCUT2D eigenvalue weighted by Gasteiger charge is -2.23. The zero-order valence-corrected chi connectivity index (χ0v) is 12.0. The maximum absolute atomic E-state index is 14.0. The standard InChI is InChI=1S/C15H17FN2O3/c1-9-3-5-11-12(14(9)16)7-18(15(11)21)10(2)4-6-13(20)17-8-19/h3,5,8,10H,4,6-7H2,1-2H3,(H,17,19,20). The van der Waals surface area contributed by atoms with E-state index in [0.29, 0.717) is 29.5 Å². The summed E-state index contributed by atoms with van der Waals surface area (Å²) >= 11 is 0. The summed E-state index contributed by atoms with van der Waals surface area (Å²) in [5.41, 5.74) is 1.33. The first-order chi connectivity index (χ1) is 9.95. The minimum atomic E-state index is -0.386. The lowest BCUT2D eigenvalue weighted by molar-refractivity contribution is -0.125. The predicted octanol–water partition coefficient (Wildman–Crippen LogP) is 1.53. The van der Waals surface area contributed by atoms with Crippen molar-refractivity contribution < 1.29 is 18.8 Å². The van der Waals surface area contributed by atoms with E-state index in [-0.39, 0.29) is 36.6 Å². The highest BCUT2D eigenvalue weighted by Gasteiger charge is 2.33. The minimum Gasteiger partial charge on any atom is -0.331 e. The van der Waals surface area contributed by atoms with Gasteiger partial charge in [0, 0.05) is 30.1 Å². The van der Waals surface area contributed by atoms with Crippen LogP contribution in [-0.4, -0.2) is 29.2 Å². The molecule has 112 valence electrons. The molecule has 5 nitrogen and oxygen atoms in total. The maximum Gasteiger partial charge on any atom is 0.254 e. The van der Waals surface area contributed by atoms with E-state index in [9.17, 15) is 18.8 Å². The molecule has 21 heavy (non-hydrogen) atoms. The van der Waals surface area contributed by atoms with E-state index in [0.717, 1.165) is 0 Å². The van der Waals surface area contributed by atoms with E-state index >= 15 is 0 Å². The molecule has 0 radical (unpaired) electrons. The van der Waals surface area contributed by atoms with Gasteiger partial charge in [-0.1, -0.05) is 6.07 Å². The molecule has 2 rings (SSSR count). The summed E-state index contributed by atoms with van der Waals surface area (Å²) in [6.07, 6.45) is 0.892. The van der Waals surface area contributed by atoms with Gasteiger partial charge in [-0.3, -0.25) is 19.7 Å². The molecular formula is C15H17FN2O3. The Labute approximate surface area is 122 Å². The van der Waals surface area contributed by atoms with Crippen LogP contribution in [0.15, 0.2) is 12.1 Å². The number of hydrogen-bond donors (Lipinski definition) is 1. The molecule has 6 heteroatoms. The van der Waals surface area contributed by atoms with Gasteiger partial charge in [0.25, 0.3) is 5.91 Å². The summed E-state index contributed by atoms with van der Waals surface area (Å²) < 4.78 is 14.0. The van der Waals surface area contributed by atoms with Gasteiger partial charge in [0.1, 0.15) is 5.82 Å². The Kier molecular flexibility index (Phi) is 4.35. The van der Waals surface area contributed by atoms with E-state index in [1.807, 2.05) is 6.92 Å². The van der Waals surface area contributed by atoms with Crippen LogP contribution in [0, 0.1) is 12.7 Å². The van der Waals surface area contributed by atoms with Crippen LogP contribution in [0.5, 0.6) is 0 Å². The molecule has 3 amide bonds. The average Bonchev–Trinajstić information content (AvgIpc) is 2.79. The van der Waals surface area contributed by atoms with Crippen molar-refractivity contribution in [3.05, 3.63) is 34.6 Å². The van der Waals surface area contributed by atoms with Crippen molar-refractivity contribution in [3.8, 4) is 0 Å². The molecule has 0 aliphatic carbocycles. The number of carbonyl (C=O) groups excluding carboxylic acids is 3. The first-order valence-electron chi connectivity index (χ1n) is 6.77. The van der Waals surface area contributed by atoms with Crippen molar-refractivity contribution in [2.45, 2.75) is 39.3 Å². The molecule has 1 N–H and O–H groups in total. The first kappa shape index (κ1) is 15.2. The third kappa shape index (κ3) is 2.94. The van der Waals surface area contributed by atoms with Gasteiger partial charge in [-0.05, 0) is 31.9 Å². The lowest BCUT2D eigenvalue weighted by Crippen LogP contribution is -2.34. The molecular weight excluding hydrogens is 275 g/mol. The quantitative estimate of drug-likeness (QED) is 0.837. The monoisotopic (exact) mass is 292 g/mol. The third-order valence-corrected chi connectivity index (χ3v) is 3.80. The Bertz CT molecular complexity index is 601. The number of rotatable bonds is 5. The SMILES string of the molecule is Cc1ccc2c(c1F)CN(C(C)CCC(=O)NC=O)C2=O. The normalized spacial score (nSPS) is 14.8. The van der Waals surface area contributed by atoms with Crippen LogP contribution >= 0.6 is 0 Å². The largest absolute Gasteiger partial charge is 0.331 e. The van der Waals surface area contributed by atoms with Gasteiger partial charge in [0.2, 0.25) is 12.3 Å². The van der Waals surface area contributed by atoms with E-state index in [4.69, 9.17) is 0 Å². The lowest BCUT2D eigenvalue weighted by atomic mass is 10.1. The Morgan fingerprint density at radius 2 is 2.24 bits per heavy atom. The second-order valence-electron chi connectivity index (χ2n) is 5.23. The van der Waals surface area contributed by atoms with Crippen LogP contribution in [0.3, 0.4) is 0 Å². The van der Waals surface area contributed by atoms with E-state index in [2.05, 4.69) is 5.32 Å². The third-order valence-electron chi connectivity index (χ3n) is 3.80. The van der Waals surface area contributed by atoms with Crippen molar-refractivity contribution in [2.75, 3.05) is 0 Å². The van der Waals surface area contributed by atoms with Crippen molar-refractivity contribution >= 4 is 18.2 Å². The fourth-order valence-corrected chi connectivity index (χ4v) is 2.48. The zero-order valence-electron chi connectivity index (χ0n) is 12.0. The molecule has 0 saturated heterocycles. The summed E-state index contributed by atoms with van der Waals surface area (Å²) in [5, 5.41) is 2.05. The smallest absolute Gasteiger partial charge is 0.254 e. The van der Waals surface area contributed by atoms with Crippen LogP contribution in [0.2, 0.25) is 0 Å². The number of amides is 3. The van der Waals surface area contributed by atoms with Gasteiger partial charge in [-0.2, -0.15) is 0 Å². The molecule has 1 atom stereocenters. The second-order valence-corrected chi connectivity index (χ2v) is 5.23. The number of nitrogens with zero attached hydrogens (tertiary/aromatic N) is 1. The average molecular weight is 292 g/mol. The Morgan fingerprint density at radius 3 is 2.90 bits per heavy atom. The Balaban J connectivity index is 2.07. The molecule has 1 aliphatic rings. The molecule has 0 saturated carbocycles. The molecule has 0 bridgehead atoms. The summed E-state index contributed by atoms with van der Waals surface area (Å²) in [5.74, 6) is -0.940. The fraction of sp³-hybridized carbons (Fsp3) is 0.400. The second kappa shape index (κ2) is 6.03. The predicted molar refractivity (Wildman–Crippen MR) is 73.9 cm³/mol. The summed E-state index contributed by atoms with van der Waals surface area (Å²) in [4.78, 5) is 35.2. The summed E-state index contributed by atoms with van der Waals surface area (Å²) in [6, 6.07) is 3.03. The zero-order chi connectivity index (χ0) is 15.6. The molecule has 1 aliphatic heterocycles. The fourth-order valence-electron chi connectivity index (χ4n) is 2.48. The van der Waals surface area contributed by atoms with Crippen molar-refractivity contribution in [1.82, 2.24) is 10.2 Å². The highest BCUT2D eigenvalue weighted by molar-refractivity contribution is 5.98. The number of halogens is 1. The molecule has 1 aromatic carbocycles. The highest BCUT2D eigenvalue weighted by Crippen LogP contribution is 2.29. The Morgan fingerprint density at radius 1 is 1.52 bits per heavy atom. The van der Waals surface area contributed by atoms with Gasteiger partial charge in [-0.25, -0.2) is 4.39 Å². The van der Waals surface area contributed by atoms with Crippen LogP contribution < -0.4 is 5.32 Å². The molecule has 1 aromatic rings. The number of benzene rings is 1. The van der Waals surface area contributed by atoms with Crippen LogP contribution in [0.1, 0.15) is 41.3 Å². The number of fused-ring (bicyclic) bond motifs is 1. The Hall–Kier alpha value is -2.24. The van der Waals surface area contributed by atoms with Crippen LogP contribution in [-0.2, 0) is 16.1 Å². The van der Waals surface area contributed by atoms with Crippen LogP contribution in [0.4, 0.5) is 4.39 Å². The first-order valence-corrected chi connectivity index (χ1v) is 6.77. The van der Waals surface area contributed by atoms with Crippen molar-refractivity contribution in [2.24, 2.45) is 0 Å². The number of aryl methyl sites for hydroxylation is 1. The topological polar surface area (TPSA) is 66.5 Å². The van der Waals surface area contributed by atoms with Crippen LogP contribution in [0.25, 0.3) is 0 Å². The number of nitrogens with one attached hydrogen (secondary N) is 1.